The van der Waals surface area contributed by atoms with E-state index in [1.165, 1.54) is 0 Å². The van der Waals surface area contributed by atoms with Crippen LogP contribution in [0, 0.1) is 5.92 Å². The summed E-state index contributed by atoms with van der Waals surface area (Å²) < 4.78 is 0. The summed E-state index contributed by atoms with van der Waals surface area (Å²) in [6, 6.07) is 4.94. The highest BCUT2D eigenvalue weighted by molar-refractivity contribution is 6.42. The van der Waals surface area contributed by atoms with Crippen LogP contribution in [0.2, 0.25) is 10.0 Å². The van der Waals surface area contributed by atoms with Crippen molar-refractivity contribution >= 4 is 41.3 Å². The fraction of sp³-hybridized carbons (Fsp3) is 0.357. The highest BCUT2D eigenvalue weighted by Gasteiger charge is 2.47. The molecule has 2 amide bonds. The van der Waals surface area contributed by atoms with Crippen molar-refractivity contribution in [1.29, 1.82) is 0 Å². The van der Waals surface area contributed by atoms with Gasteiger partial charge in [-0.2, -0.15) is 0 Å². The molecule has 2 unspecified atom stereocenters. The van der Waals surface area contributed by atoms with E-state index in [1.807, 2.05) is 0 Å². The van der Waals surface area contributed by atoms with E-state index < -0.39 is 11.3 Å². The Morgan fingerprint density at radius 3 is 2.65 bits per heavy atom. The van der Waals surface area contributed by atoms with Gasteiger partial charge in [-0.3, -0.25) is 14.9 Å². The van der Waals surface area contributed by atoms with Gasteiger partial charge < -0.3 is 4.79 Å². The Labute approximate surface area is 126 Å². The minimum Gasteiger partial charge on any atom is -0.303 e. The number of piperidine rings is 1. The summed E-state index contributed by atoms with van der Waals surface area (Å²) in [7, 11) is 0. The molecular formula is C14H13Cl2NO3. The third kappa shape index (κ3) is 2.45. The molecule has 0 radical (unpaired) electrons. The van der Waals surface area contributed by atoms with E-state index in [-0.39, 0.29) is 24.7 Å². The first-order valence-electron chi connectivity index (χ1n) is 6.13. The van der Waals surface area contributed by atoms with Crippen molar-refractivity contribution < 1.29 is 14.4 Å². The average Bonchev–Trinajstić information content (AvgIpc) is 2.39. The number of amides is 2. The molecular weight excluding hydrogens is 301 g/mol. The number of rotatable bonds is 3. The van der Waals surface area contributed by atoms with Gasteiger partial charge in [0.2, 0.25) is 11.8 Å². The first kappa shape index (κ1) is 15.0. The number of hydrogen-bond donors (Lipinski definition) is 1. The van der Waals surface area contributed by atoms with Gasteiger partial charge in [-0.15, -0.1) is 0 Å². The van der Waals surface area contributed by atoms with Gasteiger partial charge in [0.15, 0.2) is 0 Å². The summed E-state index contributed by atoms with van der Waals surface area (Å²) in [5.41, 5.74) is -0.190. The number of halogens is 2. The van der Waals surface area contributed by atoms with E-state index in [1.54, 1.807) is 25.1 Å². The van der Waals surface area contributed by atoms with Crippen LogP contribution in [0.15, 0.2) is 18.2 Å². The zero-order valence-corrected chi connectivity index (χ0v) is 12.3. The number of benzene rings is 1. The minimum atomic E-state index is -0.866. The van der Waals surface area contributed by atoms with Crippen LogP contribution < -0.4 is 5.32 Å². The van der Waals surface area contributed by atoms with Gasteiger partial charge in [0, 0.05) is 24.2 Å². The fourth-order valence-corrected chi connectivity index (χ4v) is 2.95. The molecule has 6 heteroatoms. The van der Waals surface area contributed by atoms with Crippen molar-refractivity contribution in [2.45, 2.75) is 25.2 Å². The Morgan fingerprint density at radius 1 is 1.35 bits per heavy atom. The molecule has 20 heavy (non-hydrogen) atoms. The third-order valence-electron chi connectivity index (χ3n) is 3.90. The molecule has 2 rings (SSSR count). The lowest BCUT2D eigenvalue weighted by Crippen LogP contribution is -2.53. The molecule has 1 heterocycles. The van der Waals surface area contributed by atoms with Crippen molar-refractivity contribution in [2.75, 3.05) is 0 Å². The molecule has 0 bridgehead atoms. The SMILES string of the molecule is CC1C(=O)NC(=O)CC1(CC=O)c1ccc(Cl)c(Cl)c1. The smallest absolute Gasteiger partial charge is 0.230 e. The van der Waals surface area contributed by atoms with Crippen LogP contribution in [-0.4, -0.2) is 18.1 Å². The van der Waals surface area contributed by atoms with Crippen LogP contribution in [0.4, 0.5) is 0 Å². The number of nitrogens with one attached hydrogen (secondary N) is 1. The third-order valence-corrected chi connectivity index (χ3v) is 4.64. The zero-order valence-electron chi connectivity index (χ0n) is 10.8. The highest BCUT2D eigenvalue weighted by atomic mass is 35.5. The lowest BCUT2D eigenvalue weighted by molar-refractivity contribution is -0.140. The topological polar surface area (TPSA) is 63.2 Å². The summed E-state index contributed by atoms with van der Waals surface area (Å²) in [5, 5.41) is 3.00. The molecule has 0 spiro atoms. The molecule has 1 saturated heterocycles. The molecule has 1 aliphatic heterocycles. The second-order valence-electron chi connectivity index (χ2n) is 4.97. The van der Waals surface area contributed by atoms with Crippen molar-refractivity contribution in [3.63, 3.8) is 0 Å². The molecule has 1 aliphatic rings. The Balaban J connectivity index is 2.57. The van der Waals surface area contributed by atoms with Crippen molar-refractivity contribution in [1.82, 2.24) is 5.32 Å². The van der Waals surface area contributed by atoms with E-state index in [4.69, 9.17) is 23.2 Å². The fourth-order valence-electron chi connectivity index (χ4n) is 2.65. The predicted molar refractivity (Wildman–Crippen MR) is 75.8 cm³/mol. The zero-order chi connectivity index (χ0) is 14.9. The predicted octanol–water partition coefficient (Wildman–Crippen LogP) is 2.50. The van der Waals surface area contributed by atoms with Crippen LogP contribution in [-0.2, 0) is 19.8 Å². The van der Waals surface area contributed by atoms with E-state index in [2.05, 4.69) is 5.32 Å². The molecule has 2 atom stereocenters. The molecule has 1 fully saturated rings. The molecule has 0 saturated carbocycles. The summed E-state index contributed by atoms with van der Waals surface area (Å²) >= 11 is 11.9. The van der Waals surface area contributed by atoms with Crippen LogP contribution in [0.5, 0.6) is 0 Å². The molecule has 0 aliphatic carbocycles. The summed E-state index contributed by atoms with van der Waals surface area (Å²) in [4.78, 5) is 34.7. The number of carbonyl (C=O) groups is 3. The molecule has 1 aromatic rings. The highest BCUT2D eigenvalue weighted by Crippen LogP contribution is 2.42. The van der Waals surface area contributed by atoms with Gasteiger partial charge in [0.1, 0.15) is 6.29 Å². The van der Waals surface area contributed by atoms with Crippen LogP contribution >= 0.6 is 23.2 Å². The normalized spacial score (nSPS) is 26.2. The summed E-state index contributed by atoms with van der Waals surface area (Å²) in [6.07, 6.45) is 0.868. The minimum absolute atomic E-state index is 0.0661. The second-order valence-corrected chi connectivity index (χ2v) is 5.78. The molecule has 106 valence electrons. The Hall–Kier alpha value is -1.39. The van der Waals surface area contributed by atoms with E-state index in [0.29, 0.717) is 15.6 Å². The Bertz CT molecular complexity index is 588. The van der Waals surface area contributed by atoms with Crippen LogP contribution in [0.3, 0.4) is 0 Å². The van der Waals surface area contributed by atoms with Crippen molar-refractivity contribution in [2.24, 2.45) is 5.92 Å². The van der Waals surface area contributed by atoms with Crippen LogP contribution in [0.1, 0.15) is 25.3 Å². The van der Waals surface area contributed by atoms with E-state index >= 15 is 0 Å². The van der Waals surface area contributed by atoms with E-state index in [9.17, 15) is 14.4 Å². The standard InChI is InChI=1S/C14H13Cl2NO3/c1-8-13(20)17-12(19)7-14(8,4-5-18)9-2-3-10(15)11(16)6-9/h2-3,5-6,8H,4,7H2,1H3,(H,17,19,20). The first-order valence-corrected chi connectivity index (χ1v) is 6.89. The molecule has 1 aromatic carbocycles. The van der Waals surface area contributed by atoms with Gasteiger partial charge in [-0.1, -0.05) is 36.2 Å². The summed E-state index contributed by atoms with van der Waals surface area (Å²) in [5.74, 6) is -1.28. The van der Waals surface area contributed by atoms with Gasteiger partial charge >= 0.3 is 0 Å². The lowest BCUT2D eigenvalue weighted by atomic mass is 9.64. The number of imide groups is 1. The molecule has 0 aromatic heterocycles. The maximum atomic E-state index is 11.9. The largest absolute Gasteiger partial charge is 0.303 e. The maximum absolute atomic E-state index is 11.9. The summed E-state index contributed by atoms with van der Waals surface area (Å²) in [6.45, 7) is 1.70. The van der Waals surface area contributed by atoms with Gasteiger partial charge in [-0.25, -0.2) is 0 Å². The Kier molecular flexibility index (Phi) is 4.16. The monoisotopic (exact) mass is 313 g/mol. The quantitative estimate of drug-likeness (QED) is 0.689. The van der Waals surface area contributed by atoms with Crippen LogP contribution in [0.25, 0.3) is 0 Å². The number of hydrogen-bond acceptors (Lipinski definition) is 3. The van der Waals surface area contributed by atoms with Crippen molar-refractivity contribution in [3.05, 3.63) is 33.8 Å². The first-order chi connectivity index (χ1) is 9.40. The van der Waals surface area contributed by atoms with Crippen molar-refractivity contribution in [3.8, 4) is 0 Å². The Morgan fingerprint density at radius 2 is 2.05 bits per heavy atom. The average molecular weight is 314 g/mol. The van der Waals surface area contributed by atoms with Gasteiger partial charge in [0.05, 0.1) is 10.0 Å². The van der Waals surface area contributed by atoms with Gasteiger partial charge in [-0.05, 0) is 17.7 Å². The van der Waals surface area contributed by atoms with Gasteiger partial charge in [0.25, 0.3) is 0 Å². The number of aldehydes is 1. The second kappa shape index (κ2) is 5.54. The number of carbonyl (C=O) groups excluding carboxylic acids is 3. The maximum Gasteiger partial charge on any atom is 0.230 e. The molecule has 4 nitrogen and oxygen atoms in total. The molecule has 1 N–H and O–H groups in total. The van der Waals surface area contributed by atoms with E-state index in [0.717, 1.165) is 6.29 Å². The lowest BCUT2D eigenvalue weighted by Gasteiger charge is -2.40.